The van der Waals surface area contributed by atoms with Crippen molar-refractivity contribution in [2.45, 2.75) is 56.8 Å². The predicted molar refractivity (Wildman–Crippen MR) is 83.3 cm³/mol. The van der Waals surface area contributed by atoms with Gasteiger partial charge in [-0.05, 0) is 57.4 Å². The molecule has 0 radical (unpaired) electrons. The van der Waals surface area contributed by atoms with Crippen LogP contribution in [0.15, 0.2) is 28.7 Å². The van der Waals surface area contributed by atoms with Gasteiger partial charge in [-0.15, -0.1) is 0 Å². The Kier molecular flexibility index (Phi) is 3.97. The van der Waals surface area contributed by atoms with Crippen LogP contribution in [0.4, 0.5) is 0 Å². The average Bonchev–Trinajstić information content (AvgIpc) is 2.63. The van der Waals surface area contributed by atoms with Crippen LogP contribution in [0, 0.1) is 0 Å². The summed E-state index contributed by atoms with van der Waals surface area (Å²) in [6, 6.07) is 11.4. The quantitative estimate of drug-likeness (QED) is 0.912. The summed E-state index contributed by atoms with van der Waals surface area (Å²) in [5.74, 6) is 0. The summed E-state index contributed by atoms with van der Waals surface area (Å²) >= 11 is 3.50. The van der Waals surface area contributed by atoms with Gasteiger partial charge in [-0.1, -0.05) is 28.1 Å². The van der Waals surface area contributed by atoms with Crippen molar-refractivity contribution in [1.29, 1.82) is 0 Å². The smallest absolute Gasteiger partial charge is 0.0294 e. The van der Waals surface area contributed by atoms with Crippen molar-refractivity contribution in [2.75, 3.05) is 7.05 Å². The topological polar surface area (TPSA) is 15.3 Å². The standard InChI is InChI=1S/C16H23BrN2/c1-11(12-3-5-13(17)6-4-12)18-14-9-15-7-8-16(10-14)19(15)2/h3-6,11,14-16,18H,7-10H2,1-2H3/t11-,14?,15?,16?/m1/s1. The first-order chi connectivity index (χ1) is 9.13. The van der Waals surface area contributed by atoms with Gasteiger partial charge < -0.3 is 10.2 Å². The molecule has 2 fully saturated rings. The van der Waals surface area contributed by atoms with E-state index < -0.39 is 0 Å². The van der Waals surface area contributed by atoms with Crippen molar-refractivity contribution < 1.29 is 0 Å². The van der Waals surface area contributed by atoms with Gasteiger partial charge in [0.15, 0.2) is 0 Å². The number of rotatable bonds is 3. The molecule has 1 aromatic rings. The number of nitrogens with one attached hydrogen (secondary N) is 1. The van der Waals surface area contributed by atoms with Gasteiger partial charge in [0, 0.05) is 28.6 Å². The highest BCUT2D eigenvalue weighted by Crippen LogP contribution is 2.35. The summed E-state index contributed by atoms with van der Waals surface area (Å²) < 4.78 is 1.15. The van der Waals surface area contributed by atoms with E-state index in [1.54, 1.807) is 0 Å². The molecule has 0 amide bonds. The van der Waals surface area contributed by atoms with Gasteiger partial charge in [-0.25, -0.2) is 0 Å². The van der Waals surface area contributed by atoms with Crippen LogP contribution >= 0.6 is 15.9 Å². The highest BCUT2D eigenvalue weighted by Gasteiger charge is 2.38. The fourth-order valence-corrected chi connectivity index (χ4v) is 4.01. The van der Waals surface area contributed by atoms with Crippen LogP contribution in [0.25, 0.3) is 0 Å². The second-order valence-corrected chi connectivity index (χ2v) is 7.07. The number of halogens is 1. The maximum atomic E-state index is 3.83. The Labute approximate surface area is 124 Å². The van der Waals surface area contributed by atoms with Crippen LogP contribution in [0.5, 0.6) is 0 Å². The minimum atomic E-state index is 0.445. The van der Waals surface area contributed by atoms with E-state index in [1.807, 2.05) is 0 Å². The van der Waals surface area contributed by atoms with Gasteiger partial charge in [0.05, 0.1) is 0 Å². The molecule has 19 heavy (non-hydrogen) atoms. The third-order valence-corrected chi connectivity index (χ3v) is 5.48. The van der Waals surface area contributed by atoms with Crippen molar-refractivity contribution in [3.05, 3.63) is 34.3 Å². The Morgan fingerprint density at radius 2 is 1.74 bits per heavy atom. The molecule has 2 nitrogen and oxygen atoms in total. The normalized spacial score (nSPS) is 32.5. The van der Waals surface area contributed by atoms with E-state index in [0.29, 0.717) is 12.1 Å². The Balaban J connectivity index is 1.61. The Morgan fingerprint density at radius 3 is 2.32 bits per heavy atom. The molecule has 0 spiro atoms. The lowest BCUT2D eigenvalue weighted by Gasteiger charge is -2.38. The number of nitrogens with zero attached hydrogens (tertiary/aromatic N) is 1. The predicted octanol–water partition coefficient (Wildman–Crippen LogP) is 3.72. The largest absolute Gasteiger partial charge is 0.307 e. The monoisotopic (exact) mass is 322 g/mol. The summed E-state index contributed by atoms with van der Waals surface area (Å²) in [5, 5.41) is 3.83. The summed E-state index contributed by atoms with van der Waals surface area (Å²) in [4.78, 5) is 2.60. The molecule has 2 saturated heterocycles. The van der Waals surface area contributed by atoms with Crippen molar-refractivity contribution in [2.24, 2.45) is 0 Å². The van der Waals surface area contributed by atoms with Gasteiger partial charge in [0.25, 0.3) is 0 Å². The summed E-state index contributed by atoms with van der Waals surface area (Å²) in [7, 11) is 2.30. The molecule has 3 heteroatoms. The Hall–Kier alpha value is -0.380. The summed E-state index contributed by atoms with van der Waals surface area (Å²) in [6.07, 6.45) is 5.42. The maximum absolute atomic E-state index is 3.83. The lowest BCUT2D eigenvalue weighted by molar-refractivity contribution is 0.144. The van der Waals surface area contributed by atoms with Crippen molar-refractivity contribution in [3.63, 3.8) is 0 Å². The van der Waals surface area contributed by atoms with Crippen LogP contribution in [0.2, 0.25) is 0 Å². The van der Waals surface area contributed by atoms with E-state index in [4.69, 9.17) is 0 Å². The molecule has 2 bridgehead atoms. The van der Waals surface area contributed by atoms with E-state index in [2.05, 4.69) is 64.4 Å². The fraction of sp³-hybridized carbons (Fsp3) is 0.625. The lowest BCUT2D eigenvalue weighted by Crippen LogP contribution is -2.47. The number of piperidine rings is 1. The number of fused-ring (bicyclic) bond motifs is 2. The summed E-state index contributed by atoms with van der Waals surface area (Å²) in [6.45, 7) is 2.28. The number of hydrogen-bond acceptors (Lipinski definition) is 2. The minimum absolute atomic E-state index is 0.445. The third-order valence-electron chi connectivity index (χ3n) is 4.95. The molecule has 2 aliphatic rings. The van der Waals surface area contributed by atoms with Gasteiger partial charge >= 0.3 is 0 Å². The molecule has 1 aromatic carbocycles. The molecule has 0 saturated carbocycles. The number of benzene rings is 1. The zero-order valence-corrected chi connectivity index (χ0v) is 13.4. The van der Waals surface area contributed by atoms with Crippen molar-refractivity contribution in [3.8, 4) is 0 Å². The Bertz CT molecular complexity index is 417. The zero-order valence-electron chi connectivity index (χ0n) is 11.8. The lowest BCUT2D eigenvalue weighted by atomic mass is 9.96. The van der Waals surface area contributed by atoms with Crippen LogP contribution < -0.4 is 5.32 Å². The SMILES string of the molecule is C[C@@H](NC1CC2CCC(C1)N2C)c1ccc(Br)cc1. The first-order valence-electron chi connectivity index (χ1n) is 7.37. The zero-order chi connectivity index (χ0) is 13.4. The molecule has 2 aliphatic heterocycles. The molecule has 2 heterocycles. The first kappa shape index (κ1) is 13.6. The van der Waals surface area contributed by atoms with Gasteiger partial charge in [-0.2, -0.15) is 0 Å². The molecule has 3 rings (SSSR count). The second kappa shape index (κ2) is 5.55. The van der Waals surface area contributed by atoms with Crippen LogP contribution in [-0.4, -0.2) is 30.1 Å². The summed E-state index contributed by atoms with van der Waals surface area (Å²) in [5.41, 5.74) is 1.38. The van der Waals surface area contributed by atoms with Gasteiger partial charge in [0.2, 0.25) is 0 Å². The molecule has 1 N–H and O–H groups in total. The second-order valence-electron chi connectivity index (χ2n) is 6.16. The van der Waals surface area contributed by atoms with E-state index in [1.165, 1.54) is 31.2 Å². The average molecular weight is 323 g/mol. The van der Waals surface area contributed by atoms with E-state index >= 15 is 0 Å². The van der Waals surface area contributed by atoms with E-state index in [0.717, 1.165) is 16.6 Å². The first-order valence-corrected chi connectivity index (χ1v) is 8.16. The Morgan fingerprint density at radius 1 is 1.16 bits per heavy atom. The minimum Gasteiger partial charge on any atom is -0.307 e. The highest BCUT2D eigenvalue weighted by atomic mass is 79.9. The van der Waals surface area contributed by atoms with E-state index in [-0.39, 0.29) is 0 Å². The number of hydrogen-bond donors (Lipinski definition) is 1. The van der Waals surface area contributed by atoms with Crippen LogP contribution in [0.1, 0.15) is 44.2 Å². The van der Waals surface area contributed by atoms with Crippen molar-refractivity contribution in [1.82, 2.24) is 10.2 Å². The van der Waals surface area contributed by atoms with Crippen LogP contribution in [-0.2, 0) is 0 Å². The van der Waals surface area contributed by atoms with Gasteiger partial charge in [0.1, 0.15) is 0 Å². The maximum Gasteiger partial charge on any atom is 0.0294 e. The highest BCUT2D eigenvalue weighted by molar-refractivity contribution is 9.10. The molecule has 0 aromatic heterocycles. The third kappa shape index (κ3) is 2.88. The van der Waals surface area contributed by atoms with Gasteiger partial charge in [-0.3, -0.25) is 0 Å². The molecular formula is C16H23BrN2. The molecular weight excluding hydrogens is 300 g/mol. The fourth-order valence-electron chi connectivity index (χ4n) is 3.75. The van der Waals surface area contributed by atoms with Crippen LogP contribution in [0.3, 0.4) is 0 Å². The molecule has 0 aliphatic carbocycles. The van der Waals surface area contributed by atoms with E-state index in [9.17, 15) is 0 Å². The van der Waals surface area contributed by atoms with Crippen molar-refractivity contribution >= 4 is 15.9 Å². The molecule has 2 unspecified atom stereocenters. The molecule has 3 atom stereocenters. The molecule has 104 valence electrons.